The average Bonchev–Trinajstić information content (AvgIpc) is 2.74. The van der Waals surface area contributed by atoms with E-state index >= 15 is 0 Å². The number of aryl methyl sites for hydroxylation is 1. The zero-order valence-electron chi connectivity index (χ0n) is 19.0. The third-order valence-electron chi connectivity index (χ3n) is 4.46. The smallest absolute Gasteiger partial charge is 0.412 e. The Bertz CT molecular complexity index is 1240. The number of hydrogen-bond donors (Lipinski definition) is 2. The summed E-state index contributed by atoms with van der Waals surface area (Å²) in [6.45, 7) is 7.03. The Labute approximate surface area is 193 Å². The standard InChI is InChI=1S/C27H25FN2O3/c1-18-16-20(11-10-19-8-6-5-7-9-19)12-15-24(18)30-25(31)22-17-21(13-14-23(22)28)29-26(32)33-27(2,3)4/h5-9,12-17H,1-4H3,(H,29,32)(H,30,31). The highest BCUT2D eigenvalue weighted by Crippen LogP contribution is 2.21. The van der Waals surface area contributed by atoms with Gasteiger partial charge in [0.05, 0.1) is 5.56 Å². The molecule has 0 aromatic heterocycles. The maximum Gasteiger partial charge on any atom is 0.412 e. The van der Waals surface area contributed by atoms with E-state index in [1.54, 1.807) is 32.9 Å². The number of nitrogens with one attached hydrogen (secondary N) is 2. The van der Waals surface area contributed by atoms with Crippen LogP contribution in [0, 0.1) is 24.6 Å². The van der Waals surface area contributed by atoms with Crippen LogP contribution in [0.4, 0.5) is 20.6 Å². The summed E-state index contributed by atoms with van der Waals surface area (Å²) in [5, 5.41) is 5.22. The van der Waals surface area contributed by atoms with Gasteiger partial charge in [0.1, 0.15) is 11.4 Å². The molecule has 2 N–H and O–H groups in total. The molecular formula is C27H25FN2O3. The van der Waals surface area contributed by atoms with Gasteiger partial charge in [0.2, 0.25) is 0 Å². The molecule has 33 heavy (non-hydrogen) atoms. The molecule has 0 atom stereocenters. The molecule has 0 unspecified atom stereocenters. The predicted octanol–water partition coefficient (Wildman–Crippen LogP) is 6.13. The van der Waals surface area contributed by atoms with E-state index in [0.29, 0.717) is 5.69 Å². The Morgan fingerprint density at radius 3 is 2.24 bits per heavy atom. The molecule has 0 heterocycles. The summed E-state index contributed by atoms with van der Waals surface area (Å²) < 4.78 is 19.5. The minimum atomic E-state index is -0.703. The summed E-state index contributed by atoms with van der Waals surface area (Å²) >= 11 is 0. The lowest BCUT2D eigenvalue weighted by Crippen LogP contribution is -2.27. The molecule has 0 radical (unpaired) electrons. The highest BCUT2D eigenvalue weighted by molar-refractivity contribution is 6.05. The highest BCUT2D eigenvalue weighted by atomic mass is 19.1. The van der Waals surface area contributed by atoms with E-state index in [1.807, 2.05) is 43.3 Å². The molecule has 3 aromatic carbocycles. The Kier molecular flexibility index (Phi) is 7.14. The van der Waals surface area contributed by atoms with Gasteiger partial charge in [0.15, 0.2) is 0 Å². The number of carbonyl (C=O) groups is 2. The summed E-state index contributed by atoms with van der Waals surface area (Å²) in [5.74, 6) is 4.84. The van der Waals surface area contributed by atoms with E-state index < -0.39 is 23.4 Å². The van der Waals surface area contributed by atoms with Crippen molar-refractivity contribution >= 4 is 23.4 Å². The van der Waals surface area contributed by atoms with Crippen LogP contribution in [0.1, 0.15) is 47.8 Å². The first-order chi connectivity index (χ1) is 15.6. The van der Waals surface area contributed by atoms with E-state index in [4.69, 9.17) is 4.74 Å². The molecule has 0 saturated heterocycles. The van der Waals surface area contributed by atoms with Crippen LogP contribution in [0.25, 0.3) is 0 Å². The van der Waals surface area contributed by atoms with Crippen molar-refractivity contribution < 1.29 is 18.7 Å². The van der Waals surface area contributed by atoms with Crippen LogP contribution < -0.4 is 10.6 Å². The van der Waals surface area contributed by atoms with Gasteiger partial charge in [-0.3, -0.25) is 10.1 Å². The molecule has 6 heteroatoms. The first-order valence-electron chi connectivity index (χ1n) is 10.4. The maximum absolute atomic E-state index is 14.3. The van der Waals surface area contributed by atoms with Gasteiger partial charge < -0.3 is 10.1 Å². The molecular weight excluding hydrogens is 419 g/mol. The van der Waals surface area contributed by atoms with Crippen LogP contribution in [-0.2, 0) is 4.74 Å². The quantitative estimate of drug-likeness (QED) is 0.477. The van der Waals surface area contributed by atoms with Crippen molar-refractivity contribution in [2.45, 2.75) is 33.3 Å². The van der Waals surface area contributed by atoms with Crippen LogP contribution in [0.15, 0.2) is 66.7 Å². The molecule has 0 bridgehead atoms. The second-order valence-electron chi connectivity index (χ2n) is 8.42. The fourth-order valence-corrected chi connectivity index (χ4v) is 2.94. The normalized spacial score (nSPS) is 10.6. The number of ether oxygens (including phenoxy) is 1. The minimum absolute atomic E-state index is 0.198. The molecule has 5 nitrogen and oxygen atoms in total. The summed E-state index contributed by atoms with van der Waals surface area (Å²) in [5.41, 5.74) is 2.39. The molecule has 0 aliphatic heterocycles. The van der Waals surface area contributed by atoms with E-state index in [2.05, 4.69) is 22.5 Å². The van der Waals surface area contributed by atoms with Crippen molar-refractivity contribution in [3.05, 3.63) is 94.8 Å². The van der Waals surface area contributed by atoms with Gasteiger partial charge >= 0.3 is 6.09 Å². The first-order valence-corrected chi connectivity index (χ1v) is 10.4. The number of amides is 2. The second kappa shape index (κ2) is 10.0. The minimum Gasteiger partial charge on any atom is -0.444 e. The maximum atomic E-state index is 14.3. The Morgan fingerprint density at radius 2 is 1.58 bits per heavy atom. The SMILES string of the molecule is Cc1cc(C#Cc2ccccc2)ccc1NC(=O)c1cc(NC(=O)OC(C)(C)C)ccc1F. The molecule has 0 spiro atoms. The van der Waals surface area contributed by atoms with Crippen molar-refractivity contribution in [2.75, 3.05) is 10.6 Å². The van der Waals surface area contributed by atoms with Crippen molar-refractivity contribution in [3.63, 3.8) is 0 Å². The van der Waals surface area contributed by atoms with Gasteiger partial charge in [-0.15, -0.1) is 0 Å². The van der Waals surface area contributed by atoms with Crippen LogP contribution in [0.2, 0.25) is 0 Å². The monoisotopic (exact) mass is 444 g/mol. The summed E-state index contributed by atoms with van der Waals surface area (Å²) in [6, 6.07) is 18.7. The number of benzene rings is 3. The lowest BCUT2D eigenvalue weighted by molar-refractivity contribution is 0.0635. The van der Waals surface area contributed by atoms with Gasteiger partial charge in [-0.2, -0.15) is 0 Å². The van der Waals surface area contributed by atoms with E-state index in [-0.39, 0.29) is 11.3 Å². The number of halogens is 1. The van der Waals surface area contributed by atoms with E-state index in [1.165, 1.54) is 12.1 Å². The third-order valence-corrected chi connectivity index (χ3v) is 4.46. The largest absolute Gasteiger partial charge is 0.444 e. The molecule has 3 aromatic rings. The van der Waals surface area contributed by atoms with Gasteiger partial charge in [-0.05, 0) is 81.8 Å². The van der Waals surface area contributed by atoms with Crippen LogP contribution in [-0.4, -0.2) is 17.6 Å². The molecule has 0 aliphatic rings. The van der Waals surface area contributed by atoms with Crippen LogP contribution in [0.3, 0.4) is 0 Å². The zero-order valence-corrected chi connectivity index (χ0v) is 19.0. The number of rotatable bonds is 3. The molecule has 0 saturated carbocycles. The predicted molar refractivity (Wildman–Crippen MR) is 128 cm³/mol. The lowest BCUT2D eigenvalue weighted by Gasteiger charge is -2.19. The Hall–Kier alpha value is -4.11. The molecule has 3 rings (SSSR count). The summed E-state index contributed by atoms with van der Waals surface area (Å²) in [6.07, 6.45) is -0.691. The van der Waals surface area contributed by atoms with Crippen molar-refractivity contribution in [1.29, 1.82) is 0 Å². The van der Waals surface area contributed by atoms with Crippen molar-refractivity contribution in [1.82, 2.24) is 0 Å². The van der Waals surface area contributed by atoms with Crippen LogP contribution >= 0.6 is 0 Å². The van der Waals surface area contributed by atoms with E-state index in [9.17, 15) is 14.0 Å². The van der Waals surface area contributed by atoms with E-state index in [0.717, 1.165) is 22.8 Å². The third kappa shape index (κ3) is 6.94. The number of hydrogen-bond acceptors (Lipinski definition) is 3. The van der Waals surface area contributed by atoms with Crippen LogP contribution in [0.5, 0.6) is 0 Å². The second-order valence-corrected chi connectivity index (χ2v) is 8.42. The van der Waals surface area contributed by atoms with Crippen molar-refractivity contribution in [2.24, 2.45) is 0 Å². The van der Waals surface area contributed by atoms with Gasteiger partial charge in [-0.25, -0.2) is 9.18 Å². The topological polar surface area (TPSA) is 67.4 Å². The fourth-order valence-electron chi connectivity index (χ4n) is 2.94. The summed E-state index contributed by atoms with van der Waals surface area (Å²) in [4.78, 5) is 24.7. The van der Waals surface area contributed by atoms with Crippen molar-refractivity contribution in [3.8, 4) is 11.8 Å². The molecule has 0 aliphatic carbocycles. The number of anilines is 2. The molecule has 2 amide bonds. The average molecular weight is 445 g/mol. The van der Waals surface area contributed by atoms with Gasteiger partial charge in [-0.1, -0.05) is 30.0 Å². The van der Waals surface area contributed by atoms with Gasteiger partial charge in [0.25, 0.3) is 5.91 Å². The Balaban J connectivity index is 1.73. The summed E-state index contributed by atoms with van der Waals surface area (Å²) in [7, 11) is 0. The highest BCUT2D eigenvalue weighted by Gasteiger charge is 2.18. The lowest BCUT2D eigenvalue weighted by atomic mass is 10.1. The van der Waals surface area contributed by atoms with Gasteiger partial charge in [0, 0.05) is 22.5 Å². The fraction of sp³-hybridized carbons (Fsp3) is 0.185. The molecule has 0 fully saturated rings. The zero-order chi connectivity index (χ0) is 24.0. The first kappa shape index (κ1) is 23.6. The Morgan fingerprint density at radius 1 is 0.879 bits per heavy atom. The number of carbonyl (C=O) groups excluding carboxylic acids is 2. The molecule has 168 valence electrons.